The molecule has 0 bridgehead atoms. The highest BCUT2D eigenvalue weighted by Gasteiger charge is 2.17. The van der Waals surface area contributed by atoms with Gasteiger partial charge in [-0.1, -0.05) is 39.7 Å². The first-order chi connectivity index (χ1) is 6.63. The molecule has 2 unspecified atom stereocenters. The molecule has 0 aromatic carbocycles. The minimum atomic E-state index is 0.239. The van der Waals surface area contributed by atoms with Crippen LogP contribution in [0.3, 0.4) is 0 Å². The maximum atomic E-state index is 9.22. The molecule has 0 saturated heterocycles. The predicted octanol–water partition coefficient (Wildman–Crippen LogP) is 3.39. The van der Waals surface area contributed by atoms with Crippen molar-refractivity contribution in [2.24, 2.45) is 17.8 Å². The molecule has 0 radical (unpaired) electrons. The van der Waals surface area contributed by atoms with Crippen molar-refractivity contribution in [3.63, 3.8) is 0 Å². The summed E-state index contributed by atoms with van der Waals surface area (Å²) < 4.78 is 0. The predicted molar refractivity (Wildman–Crippen MR) is 61.1 cm³/mol. The summed E-state index contributed by atoms with van der Waals surface area (Å²) in [6.07, 6.45) is 7.72. The van der Waals surface area contributed by atoms with Crippen LogP contribution in [-0.2, 0) is 0 Å². The molecule has 0 aromatic rings. The van der Waals surface area contributed by atoms with E-state index in [0.717, 1.165) is 11.8 Å². The van der Waals surface area contributed by atoms with Crippen LogP contribution in [0.4, 0.5) is 0 Å². The van der Waals surface area contributed by atoms with Crippen molar-refractivity contribution < 1.29 is 5.11 Å². The molecule has 1 rings (SSSR count). The molecule has 1 aliphatic rings. The fraction of sp³-hybridized carbons (Fsp3) is 0.846. The highest BCUT2D eigenvalue weighted by molar-refractivity contribution is 5.07. The maximum Gasteiger partial charge on any atom is 0.0644 e. The third-order valence-corrected chi connectivity index (χ3v) is 3.35. The second-order valence-electron chi connectivity index (χ2n) is 5.09. The lowest BCUT2D eigenvalue weighted by atomic mass is 9.81. The zero-order valence-corrected chi connectivity index (χ0v) is 9.79. The smallest absolute Gasteiger partial charge is 0.0644 e. The first-order valence-electron chi connectivity index (χ1n) is 5.95. The number of aliphatic hydroxyl groups is 1. The summed E-state index contributed by atoms with van der Waals surface area (Å²) in [6.45, 7) is 6.90. The van der Waals surface area contributed by atoms with Gasteiger partial charge in [-0.25, -0.2) is 0 Å². The summed E-state index contributed by atoms with van der Waals surface area (Å²) in [5, 5.41) is 9.22. The van der Waals surface area contributed by atoms with Crippen LogP contribution in [0.25, 0.3) is 0 Å². The van der Waals surface area contributed by atoms with E-state index >= 15 is 0 Å². The van der Waals surface area contributed by atoms with E-state index in [1.54, 1.807) is 0 Å². The molecule has 14 heavy (non-hydrogen) atoms. The van der Waals surface area contributed by atoms with E-state index < -0.39 is 0 Å². The van der Waals surface area contributed by atoms with Crippen LogP contribution in [-0.4, -0.2) is 11.7 Å². The van der Waals surface area contributed by atoms with Gasteiger partial charge in [-0.2, -0.15) is 0 Å². The van der Waals surface area contributed by atoms with Crippen molar-refractivity contribution in [2.45, 2.75) is 46.5 Å². The van der Waals surface area contributed by atoms with Gasteiger partial charge in [-0.15, -0.1) is 0 Å². The minimum absolute atomic E-state index is 0.239. The zero-order chi connectivity index (χ0) is 10.6. The summed E-state index contributed by atoms with van der Waals surface area (Å²) >= 11 is 0. The summed E-state index contributed by atoms with van der Waals surface area (Å²) in [7, 11) is 0. The number of aliphatic hydroxyl groups excluding tert-OH is 1. The second kappa shape index (κ2) is 5.55. The molecule has 0 spiro atoms. The van der Waals surface area contributed by atoms with Gasteiger partial charge in [-0.3, -0.25) is 0 Å². The SMILES string of the molecule is CC1CCCC(C=C(CO)C(C)C)C1. The molecular formula is C13H24O. The average Bonchev–Trinajstić information content (AvgIpc) is 2.14. The van der Waals surface area contributed by atoms with Crippen molar-refractivity contribution >= 4 is 0 Å². The van der Waals surface area contributed by atoms with Gasteiger partial charge in [0.1, 0.15) is 0 Å². The Morgan fingerprint density at radius 1 is 1.43 bits per heavy atom. The lowest BCUT2D eigenvalue weighted by Crippen LogP contribution is -2.13. The van der Waals surface area contributed by atoms with Crippen LogP contribution in [0.1, 0.15) is 46.5 Å². The number of hydrogen-bond acceptors (Lipinski definition) is 1. The Balaban J connectivity index is 2.55. The molecule has 1 fully saturated rings. The first-order valence-corrected chi connectivity index (χ1v) is 5.95. The van der Waals surface area contributed by atoms with Crippen molar-refractivity contribution in [2.75, 3.05) is 6.61 Å². The lowest BCUT2D eigenvalue weighted by molar-refractivity contribution is 0.303. The van der Waals surface area contributed by atoms with Gasteiger partial charge in [0, 0.05) is 0 Å². The summed E-state index contributed by atoms with van der Waals surface area (Å²) in [5.41, 5.74) is 1.23. The monoisotopic (exact) mass is 196 g/mol. The van der Waals surface area contributed by atoms with Crippen molar-refractivity contribution in [1.29, 1.82) is 0 Å². The van der Waals surface area contributed by atoms with Crippen LogP contribution >= 0.6 is 0 Å². The fourth-order valence-corrected chi connectivity index (χ4v) is 2.36. The third kappa shape index (κ3) is 3.45. The van der Waals surface area contributed by atoms with Crippen LogP contribution in [0, 0.1) is 17.8 Å². The molecule has 0 aromatic heterocycles. The van der Waals surface area contributed by atoms with Crippen molar-refractivity contribution in [3.8, 4) is 0 Å². The standard InChI is InChI=1S/C13H24O/c1-10(2)13(9-14)8-12-6-4-5-11(3)7-12/h8,10-12,14H,4-7,9H2,1-3H3. The van der Waals surface area contributed by atoms with E-state index in [9.17, 15) is 5.11 Å². The summed E-state index contributed by atoms with van der Waals surface area (Å²) in [6, 6.07) is 0. The molecule has 2 atom stereocenters. The van der Waals surface area contributed by atoms with Gasteiger partial charge < -0.3 is 5.11 Å². The van der Waals surface area contributed by atoms with Crippen molar-refractivity contribution in [1.82, 2.24) is 0 Å². The van der Waals surface area contributed by atoms with Gasteiger partial charge in [0.05, 0.1) is 6.61 Å². The molecule has 0 heterocycles. The highest BCUT2D eigenvalue weighted by Crippen LogP contribution is 2.30. The molecular weight excluding hydrogens is 172 g/mol. The van der Waals surface area contributed by atoms with Crippen LogP contribution in [0.2, 0.25) is 0 Å². The topological polar surface area (TPSA) is 20.2 Å². The molecule has 0 amide bonds. The van der Waals surface area contributed by atoms with E-state index in [1.165, 1.54) is 31.3 Å². The van der Waals surface area contributed by atoms with Crippen LogP contribution in [0.5, 0.6) is 0 Å². The van der Waals surface area contributed by atoms with Crippen LogP contribution < -0.4 is 0 Å². The Morgan fingerprint density at radius 3 is 2.64 bits per heavy atom. The quantitative estimate of drug-likeness (QED) is 0.686. The third-order valence-electron chi connectivity index (χ3n) is 3.35. The largest absolute Gasteiger partial charge is 0.392 e. The molecule has 82 valence electrons. The highest BCUT2D eigenvalue weighted by atomic mass is 16.3. The van der Waals surface area contributed by atoms with Gasteiger partial charge in [0.15, 0.2) is 0 Å². The number of hydrogen-bond donors (Lipinski definition) is 1. The van der Waals surface area contributed by atoms with Gasteiger partial charge in [0.25, 0.3) is 0 Å². The summed E-state index contributed by atoms with van der Waals surface area (Å²) in [5.74, 6) is 2.10. The van der Waals surface area contributed by atoms with E-state index in [2.05, 4.69) is 26.8 Å². The average molecular weight is 196 g/mol. The molecule has 1 heteroatoms. The number of allylic oxidation sites excluding steroid dienone is 1. The fourth-order valence-electron chi connectivity index (χ4n) is 2.36. The van der Waals surface area contributed by atoms with Gasteiger partial charge in [0.2, 0.25) is 0 Å². The second-order valence-corrected chi connectivity index (χ2v) is 5.09. The Morgan fingerprint density at radius 2 is 2.14 bits per heavy atom. The number of rotatable bonds is 3. The molecule has 0 aliphatic heterocycles. The Labute approximate surface area is 88.2 Å². The Hall–Kier alpha value is -0.300. The van der Waals surface area contributed by atoms with Crippen LogP contribution in [0.15, 0.2) is 11.6 Å². The normalized spacial score (nSPS) is 29.6. The van der Waals surface area contributed by atoms with Crippen molar-refractivity contribution in [3.05, 3.63) is 11.6 Å². The molecule has 1 N–H and O–H groups in total. The zero-order valence-electron chi connectivity index (χ0n) is 9.79. The van der Waals surface area contributed by atoms with E-state index in [-0.39, 0.29) is 6.61 Å². The van der Waals surface area contributed by atoms with E-state index in [1.807, 2.05) is 0 Å². The van der Waals surface area contributed by atoms with Gasteiger partial charge in [-0.05, 0) is 36.2 Å². The first kappa shape index (κ1) is 11.8. The molecule has 1 aliphatic carbocycles. The maximum absolute atomic E-state index is 9.22. The van der Waals surface area contributed by atoms with E-state index in [0.29, 0.717) is 5.92 Å². The molecule has 1 saturated carbocycles. The minimum Gasteiger partial charge on any atom is -0.392 e. The Kier molecular flexibility index (Phi) is 4.67. The molecule has 1 nitrogen and oxygen atoms in total. The Bertz CT molecular complexity index is 193. The van der Waals surface area contributed by atoms with E-state index in [4.69, 9.17) is 0 Å². The summed E-state index contributed by atoms with van der Waals surface area (Å²) in [4.78, 5) is 0. The van der Waals surface area contributed by atoms with Gasteiger partial charge >= 0.3 is 0 Å². The lowest BCUT2D eigenvalue weighted by Gasteiger charge is -2.25.